The molecular formula is C10H10F7NO3S. The molecule has 0 saturated carbocycles. The predicted molar refractivity (Wildman–Crippen MR) is 61.0 cm³/mol. The largest absolute Gasteiger partial charge is 0.431 e. The summed E-state index contributed by atoms with van der Waals surface area (Å²) in [4.78, 5) is 3.78. The molecule has 1 aromatic heterocycles. The van der Waals surface area contributed by atoms with Crippen LogP contribution in [-0.2, 0) is 10.1 Å². The molecule has 0 bridgehead atoms. The van der Waals surface area contributed by atoms with Crippen LogP contribution in [0.5, 0.6) is 0 Å². The average molecular weight is 357 g/mol. The van der Waals surface area contributed by atoms with Gasteiger partial charge < -0.3 is 0 Å². The zero-order valence-electron chi connectivity index (χ0n) is 10.6. The molecule has 0 aliphatic heterocycles. The highest BCUT2D eigenvalue weighted by Crippen LogP contribution is 2.43. The quantitative estimate of drug-likeness (QED) is 0.661. The van der Waals surface area contributed by atoms with E-state index in [-0.39, 0.29) is 0 Å². The number of hydrogen-bond acceptors (Lipinski definition) is 3. The predicted octanol–water partition coefficient (Wildman–Crippen LogP) is 3.53. The van der Waals surface area contributed by atoms with Crippen LogP contribution in [-0.4, -0.2) is 35.3 Å². The SMILES string of the molecule is O=S(=O)(O)C(F)(F)C(F)(F)CCC(F)(F)F.c1ccncc1. The summed E-state index contributed by atoms with van der Waals surface area (Å²) in [5, 5.41) is -5.95. The molecule has 1 N–H and O–H groups in total. The second-order valence-electron chi connectivity index (χ2n) is 3.84. The molecule has 0 aliphatic carbocycles. The molecule has 1 aromatic rings. The van der Waals surface area contributed by atoms with Crippen LogP contribution >= 0.6 is 0 Å². The van der Waals surface area contributed by atoms with Gasteiger partial charge >= 0.3 is 27.5 Å². The first-order valence-corrected chi connectivity index (χ1v) is 6.79. The first kappa shape index (κ1) is 20.6. The third kappa shape index (κ3) is 6.56. The first-order chi connectivity index (χ1) is 9.71. The molecule has 0 aromatic carbocycles. The van der Waals surface area contributed by atoms with Gasteiger partial charge in [-0.05, 0) is 12.1 Å². The van der Waals surface area contributed by atoms with Crippen LogP contribution < -0.4 is 0 Å². The fourth-order valence-corrected chi connectivity index (χ4v) is 1.43. The fourth-order valence-electron chi connectivity index (χ4n) is 0.946. The molecule has 0 fully saturated rings. The topological polar surface area (TPSA) is 67.3 Å². The Morgan fingerprint density at radius 2 is 1.32 bits per heavy atom. The minimum Gasteiger partial charge on any atom is -0.281 e. The molecule has 1 heterocycles. The third-order valence-corrected chi connectivity index (χ3v) is 2.99. The van der Waals surface area contributed by atoms with Crippen molar-refractivity contribution in [3.05, 3.63) is 30.6 Å². The summed E-state index contributed by atoms with van der Waals surface area (Å²) in [6, 6.07) is 5.72. The molecule has 1 rings (SSSR count). The Morgan fingerprint density at radius 1 is 0.864 bits per heavy atom. The zero-order valence-corrected chi connectivity index (χ0v) is 11.4. The molecule has 22 heavy (non-hydrogen) atoms. The number of nitrogens with zero attached hydrogens (tertiary/aromatic N) is 1. The Hall–Kier alpha value is -1.43. The van der Waals surface area contributed by atoms with Crippen molar-refractivity contribution in [1.29, 1.82) is 0 Å². The summed E-state index contributed by atoms with van der Waals surface area (Å²) in [5.41, 5.74) is 0. The Balaban J connectivity index is 0.000000604. The minimum atomic E-state index is -6.48. The molecule has 0 unspecified atom stereocenters. The molecule has 0 saturated heterocycles. The monoisotopic (exact) mass is 357 g/mol. The van der Waals surface area contributed by atoms with E-state index in [9.17, 15) is 39.2 Å². The lowest BCUT2D eigenvalue weighted by molar-refractivity contribution is -0.193. The van der Waals surface area contributed by atoms with Gasteiger partial charge in [0.05, 0.1) is 0 Å². The number of halogens is 7. The Morgan fingerprint density at radius 3 is 1.55 bits per heavy atom. The van der Waals surface area contributed by atoms with Gasteiger partial charge in [-0.1, -0.05) is 6.07 Å². The van der Waals surface area contributed by atoms with E-state index in [1.54, 1.807) is 12.4 Å². The van der Waals surface area contributed by atoms with Crippen molar-refractivity contribution in [3.63, 3.8) is 0 Å². The molecule has 4 nitrogen and oxygen atoms in total. The summed E-state index contributed by atoms with van der Waals surface area (Å²) in [6.45, 7) is 0. The summed E-state index contributed by atoms with van der Waals surface area (Å²) < 4.78 is 111. The van der Waals surface area contributed by atoms with Crippen molar-refractivity contribution in [3.8, 4) is 0 Å². The van der Waals surface area contributed by atoms with Crippen LogP contribution in [0.25, 0.3) is 0 Å². The lowest BCUT2D eigenvalue weighted by atomic mass is 10.2. The highest BCUT2D eigenvalue weighted by Gasteiger charge is 2.65. The van der Waals surface area contributed by atoms with Crippen molar-refractivity contribution in [2.45, 2.75) is 30.2 Å². The van der Waals surface area contributed by atoms with Gasteiger partial charge in [0, 0.05) is 25.2 Å². The summed E-state index contributed by atoms with van der Waals surface area (Å²) >= 11 is 0. The average Bonchev–Trinajstić information content (AvgIpc) is 2.37. The van der Waals surface area contributed by atoms with Crippen LogP contribution in [0.3, 0.4) is 0 Å². The Labute approximate surface area is 120 Å². The molecule has 0 amide bonds. The maximum atomic E-state index is 12.4. The first-order valence-electron chi connectivity index (χ1n) is 5.35. The van der Waals surface area contributed by atoms with E-state index in [4.69, 9.17) is 4.55 Å². The smallest absolute Gasteiger partial charge is 0.281 e. The number of aromatic nitrogens is 1. The number of pyridine rings is 1. The van der Waals surface area contributed by atoms with Gasteiger partial charge in [-0.25, -0.2) is 0 Å². The maximum absolute atomic E-state index is 12.4. The molecule has 0 aliphatic rings. The van der Waals surface area contributed by atoms with Crippen molar-refractivity contribution in [1.82, 2.24) is 4.98 Å². The highest BCUT2D eigenvalue weighted by molar-refractivity contribution is 7.87. The van der Waals surface area contributed by atoms with Crippen LogP contribution in [0.4, 0.5) is 30.7 Å². The lowest BCUT2D eigenvalue weighted by Gasteiger charge is -2.23. The normalized spacial score (nSPS) is 13.3. The number of alkyl halides is 7. The van der Waals surface area contributed by atoms with Gasteiger partial charge in [-0.3, -0.25) is 9.54 Å². The minimum absolute atomic E-state index is 1.75. The zero-order chi connectivity index (χ0) is 17.7. The molecule has 12 heteroatoms. The molecule has 0 spiro atoms. The standard InChI is InChI=1S/C5H5F7O3S.C5H5N/c6-3(7,1-2-4(8,9)10)5(11,12)16(13,14)15;1-2-4-6-5-3-1/h1-2H2,(H,13,14,15);1-5H. The highest BCUT2D eigenvalue weighted by atomic mass is 32.2. The van der Waals surface area contributed by atoms with Crippen molar-refractivity contribution in [2.24, 2.45) is 0 Å². The van der Waals surface area contributed by atoms with E-state index in [0.717, 1.165) is 0 Å². The van der Waals surface area contributed by atoms with E-state index >= 15 is 0 Å². The van der Waals surface area contributed by atoms with E-state index in [2.05, 4.69) is 4.98 Å². The van der Waals surface area contributed by atoms with E-state index in [0.29, 0.717) is 0 Å². The molecule has 0 atom stereocenters. The lowest BCUT2D eigenvalue weighted by Crippen LogP contribution is -2.47. The Bertz CT molecular complexity index is 519. The Kier molecular flexibility index (Phi) is 6.75. The van der Waals surface area contributed by atoms with Crippen LogP contribution in [0.1, 0.15) is 12.8 Å². The molecule has 0 radical (unpaired) electrons. The summed E-state index contributed by atoms with van der Waals surface area (Å²) in [5.74, 6) is -5.50. The van der Waals surface area contributed by atoms with E-state index in [1.807, 2.05) is 18.2 Å². The van der Waals surface area contributed by atoms with Gasteiger partial charge in [0.15, 0.2) is 0 Å². The van der Waals surface area contributed by atoms with Crippen LogP contribution in [0.2, 0.25) is 0 Å². The van der Waals surface area contributed by atoms with E-state index < -0.39 is 40.3 Å². The van der Waals surface area contributed by atoms with E-state index in [1.165, 1.54) is 0 Å². The molecule has 128 valence electrons. The van der Waals surface area contributed by atoms with Crippen molar-refractivity contribution < 1.29 is 43.7 Å². The van der Waals surface area contributed by atoms with Crippen LogP contribution in [0.15, 0.2) is 30.6 Å². The number of hydrogen-bond donors (Lipinski definition) is 1. The van der Waals surface area contributed by atoms with Gasteiger partial charge in [-0.15, -0.1) is 0 Å². The van der Waals surface area contributed by atoms with Crippen molar-refractivity contribution >= 4 is 10.1 Å². The maximum Gasteiger partial charge on any atom is 0.431 e. The second-order valence-corrected chi connectivity index (χ2v) is 5.30. The van der Waals surface area contributed by atoms with Gasteiger partial charge in [0.25, 0.3) is 0 Å². The van der Waals surface area contributed by atoms with Gasteiger partial charge in [0.2, 0.25) is 0 Å². The number of rotatable bonds is 4. The van der Waals surface area contributed by atoms with Crippen LogP contribution in [0, 0.1) is 0 Å². The molecular weight excluding hydrogens is 347 g/mol. The fraction of sp³-hybridized carbons (Fsp3) is 0.500. The summed E-state index contributed by atoms with van der Waals surface area (Å²) in [7, 11) is -6.48. The third-order valence-electron chi connectivity index (χ3n) is 2.04. The van der Waals surface area contributed by atoms with Crippen molar-refractivity contribution in [2.75, 3.05) is 0 Å². The van der Waals surface area contributed by atoms with Gasteiger partial charge in [0.1, 0.15) is 0 Å². The second kappa shape index (κ2) is 7.22. The van der Waals surface area contributed by atoms with Gasteiger partial charge in [-0.2, -0.15) is 39.2 Å². The summed E-state index contributed by atoms with van der Waals surface area (Å²) in [6.07, 6.45) is -6.38.